The molecule has 19 heavy (non-hydrogen) atoms. The number of rotatable bonds is 1. The molecule has 1 N–H and O–H groups in total. The molecule has 3 rings (SSSR count). The van der Waals surface area contributed by atoms with E-state index < -0.39 is 5.63 Å². The Bertz CT molecular complexity index is 846. The van der Waals surface area contributed by atoms with Crippen LogP contribution in [0.1, 0.15) is 5.56 Å². The number of methoxy groups -OCH3 is 1. The summed E-state index contributed by atoms with van der Waals surface area (Å²) in [5, 5.41) is 11.6. The van der Waals surface area contributed by atoms with Gasteiger partial charge in [-0.15, -0.1) is 0 Å². The predicted octanol–water partition coefficient (Wildman–Crippen LogP) is 2.97. The molecule has 0 bridgehead atoms. The minimum Gasteiger partial charge on any atom is -0.504 e. The number of aryl methyl sites for hydroxylation is 1. The minimum atomic E-state index is -0.467. The van der Waals surface area contributed by atoms with E-state index in [0.29, 0.717) is 22.1 Å². The van der Waals surface area contributed by atoms with Gasteiger partial charge in [-0.25, -0.2) is 4.79 Å². The highest BCUT2D eigenvalue weighted by Crippen LogP contribution is 2.33. The Morgan fingerprint density at radius 2 is 1.89 bits per heavy atom. The zero-order valence-electron chi connectivity index (χ0n) is 10.6. The van der Waals surface area contributed by atoms with Gasteiger partial charge in [0.05, 0.1) is 12.5 Å². The van der Waals surface area contributed by atoms with Gasteiger partial charge in [-0.1, -0.05) is 12.1 Å². The van der Waals surface area contributed by atoms with E-state index >= 15 is 0 Å². The first-order valence-electron chi connectivity index (χ1n) is 5.84. The summed E-state index contributed by atoms with van der Waals surface area (Å²) in [6.07, 6.45) is 0. The van der Waals surface area contributed by atoms with Crippen molar-refractivity contribution in [2.24, 2.45) is 0 Å². The summed E-state index contributed by atoms with van der Waals surface area (Å²) in [4.78, 5) is 11.9. The molecule has 0 fully saturated rings. The lowest BCUT2D eigenvalue weighted by Gasteiger charge is -2.07. The van der Waals surface area contributed by atoms with E-state index in [1.165, 1.54) is 13.2 Å². The molecule has 4 nitrogen and oxygen atoms in total. The van der Waals surface area contributed by atoms with E-state index in [2.05, 4.69) is 0 Å². The molecular formula is C15H12O4. The topological polar surface area (TPSA) is 59.7 Å². The van der Waals surface area contributed by atoms with Crippen molar-refractivity contribution in [2.75, 3.05) is 7.11 Å². The van der Waals surface area contributed by atoms with Crippen LogP contribution in [0.25, 0.3) is 21.7 Å². The Hall–Kier alpha value is -2.49. The maximum absolute atomic E-state index is 11.9. The number of hydrogen-bond donors (Lipinski definition) is 1. The third kappa shape index (κ3) is 1.73. The summed E-state index contributed by atoms with van der Waals surface area (Å²) in [5.74, 6) is 0.258. The van der Waals surface area contributed by atoms with E-state index in [1.54, 1.807) is 6.07 Å². The summed E-state index contributed by atoms with van der Waals surface area (Å²) in [7, 11) is 1.47. The average molecular weight is 256 g/mol. The highest BCUT2D eigenvalue weighted by Gasteiger charge is 2.11. The lowest BCUT2D eigenvalue weighted by atomic mass is 10.1. The minimum absolute atomic E-state index is 0.0752. The van der Waals surface area contributed by atoms with Gasteiger partial charge in [0.2, 0.25) is 0 Å². The quantitative estimate of drug-likeness (QED) is 0.537. The molecular weight excluding hydrogens is 244 g/mol. The Labute approximate surface area is 108 Å². The van der Waals surface area contributed by atoms with Crippen molar-refractivity contribution in [3.05, 3.63) is 46.3 Å². The Kier molecular flexibility index (Phi) is 2.45. The Balaban J connectivity index is 2.55. The summed E-state index contributed by atoms with van der Waals surface area (Å²) in [6, 6.07) is 8.68. The highest BCUT2D eigenvalue weighted by molar-refractivity contribution is 6.05. The first-order valence-corrected chi connectivity index (χ1v) is 5.84. The molecule has 4 heteroatoms. The van der Waals surface area contributed by atoms with Crippen LogP contribution in [-0.2, 0) is 0 Å². The van der Waals surface area contributed by atoms with Crippen LogP contribution in [0.4, 0.5) is 0 Å². The van der Waals surface area contributed by atoms with Crippen LogP contribution in [0.5, 0.6) is 11.5 Å². The van der Waals surface area contributed by atoms with Crippen molar-refractivity contribution in [1.82, 2.24) is 0 Å². The lowest BCUT2D eigenvalue weighted by molar-refractivity contribution is 0.374. The zero-order chi connectivity index (χ0) is 13.6. The highest BCUT2D eigenvalue weighted by atomic mass is 16.5. The molecule has 2 aromatic carbocycles. The summed E-state index contributed by atoms with van der Waals surface area (Å²) in [5.41, 5.74) is 1.08. The third-order valence-corrected chi connectivity index (χ3v) is 3.17. The summed E-state index contributed by atoms with van der Waals surface area (Å²) >= 11 is 0. The van der Waals surface area contributed by atoms with Crippen molar-refractivity contribution >= 4 is 21.7 Å². The molecule has 0 radical (unpaired) electrons. The van der Waals surface area contributed by atoms with Crippen LogP contribution in [-0.4, -0.2) is 12.2 Å². The maximum Gasteiger partial charge on any atom is 0.344 e. The van der Waals surface area contributed by atoms with E-state index in [9.17, 15) is 9.90 Å². The van der Waals surface area contributed by atoms with Crippen LogP contribution in [0.15, 0.2) is 39.5 Å². The smallest absolute Gasteiger partial charge is 0.344 e. The zero-order valence-corrected chi connectivity index (χ0v) is 10.6. The number of benzene rings is 2. The van der Waals surface area contributed by atoms with Gasteiger partial charge in [0, 0.05) is 10.8 Å². The van der Waals surface area contributed by atoms with Gasteiger partial charge in [-0.2, -0.15) is 0 Å². The predicted molar refractivity (Wildman–Crippen MR) is 72.9 cm³/mol. The van der Waals surface area contributed by atoms with E-state index in [0.717, 1.165) is 10.9 Å². The number of phenols is 1. The first kappa shape index (κ1) is 11.6. The van der Waals surface area contributed by atoms with Crippen molar-refractivity contribution in [1.29, 1.82) is 0 Å². The van der Waals surface area contributed by atoms with Crippen molar-refractivity contribution < 1.29 is 14.3 Å². The molecule has 1 aromatic heterocycles. The SMILES string of the molecule is COc1cc2c(cc1O)c(=O)oc1cc(C)ccc12. The van der Waals surface area contributed by atoms with Crippen molar-refractivity contribution in [3.8, 4) is 11.5 Å². The van der Waals surface area contributed by atoms with E-state index in [1.807, 2.05) is 25.1 Å². The second-order valence-electron chi connectivity index (χ2n) is 4.46. The van der Waals surface area contributed by atoms with Gasteiger partial charge in [-0.05, 0) is 30.7 Å². The van der Waals surface area contributed by atoms with Crippen molar-refractivity contribution in [3.63, 3.8) is 0 Å². The van der Waals surface area contributed by atoms with E-state index in [4.69, 9.17) is 9.15 Å². The fourth-order valence-corrected chi connectivity index (χ4v) is 2.21. The second kappa shape index (κ2) is 4.02. The second-order valence-corrected chi connectivity index (χ2v) is 4.46. The molecule has 0 atom stereocenters. The van der Waals surface area contributed by atoms with Crippen molar-refractivity contribution in [2.45, 2.75) is 6.92 Å². The molecule has 0 aliphatic rings. The maximum atomic E-state index is 11.9. The third-order valence-electron chi connectivity index (χ3n) is 3.17. The van der Waals surface area contributed by atoms with Crippen LogP contribution >= 0.6 is 0 Å². The van der Waals surface area contributed by atoms with Gasteiger partial charge in [0.15, 0.2) is 11.5 Å². The molecule has 0 spiro atoms. The van der Waals surface area contributed by atoms with Gasteiger partial charge < -0.3 is 14.3 Å². The molecule has 96 valence electrons. The molecule has 0 saturated carbocycles. The Morgan fingerprint density at radius 3 is 2.63 bits per heavy atom. The molecule has 3 aromatic rings. The standard InChI is InChI=1S/C15H12O4/c1-8-3-4-9-10-7-14(18-2)12(16)6-11(10)15(17)19-13(9)5-8/h3-7,16H,1-2H3. The van der Waals surface area contributed by atoms with Gasteiger partial charge in [0.1, 0.15) is 5.58 Å². The first-order chi connectivity index (χ1) is 9.10. The molecule has 0 amide bonds. The number of aromatic hydroxyl groups is 1. The lowest BCUT2D eigenvalue weighted by Crippen LogP contribution is -2.00. The fraction of sp³-hybridized carbons (Fsp3) is 0.133. The molecule has 1 heterocycles. The Morgan fingerprint density at radius 1 is 1.11 bits per heavy atom. The van der Waals surface area contributed by atoms with E-state index in [-0.39, 0.29) is 5.75 Å². The van der Waals surface area contributed by atoms with Crippen LogP contribution in [0, 0.1) is 6.92 Å². The average Bonchev–Trinajstić information content (AvgIpc) is 2.38. The molecule has 0 aliphatic carbocycles. The van der Waals surface area contributed by atoms with Crippen LogP contribution in [0.3, 0.4) is 0 Å². The van der Waals surface area contributed by atoms with Crippen LogP contribution < -0.4 is 10.4 Å². The normalized spacial score (nSPS) is 11.1. The number of fused-ring (bicyclic) bond motifs is 3. The molecule has 0 aliphatic heterocycles. The van der Waals surface area contributed by atoms with Gasteiger partial charge in [0.25, 0.3) is 0 Å². The summed E-state index contributed by atoms with van der Waals surface area (Å²) in [6.45, 7) is 1.93. The van der Waals surface area contributed by atoms with Gasteiger partial charge >= 0.3 is 5.63 Å². The molecule has 0 unspecified atom stereocenters. The largest absolute Gasteiger partial charge is 0.504 e. The molecule has 0 saturated heterocycles. The summed E-state index contributed by atoms with van der Waals surface area (Å²) < 4.78 is 10.4. The number of ether oxygens (including phenoxy) is 1. The number of hydrogen-bond acceptors (Lipinski definition) is 4. The fourth-order valence-electron chi connectivity index (χ4n) is 2.21. The number of phenolic OH excluding ortho intramolecular Hbond substituents is 1. The van der Waals surface area contributed by atoms with Gasteiger partial charge in [-0.3, -0.25) is 0 Å². The monoisotopic (exact) mass is 256 g/mol. The van der Waals surface area contributed by atoms with Crippen LogP contribution in [0.2, 0.25) is 0 Å².